The maximum absolute atomic E-state index is 13.2. The third-order valence-corrected chi connectivity index (χ3v) is 5.95. The SMILES string of the molecule is Cc1cccc(-c2cc(C(=O)Nc3nc(C)c(C(=O)N(C)C)s3)c3ccccc3n2)c1. The van der Waals surface area contributed by atoms with Gasteiger partial charge >= 0.3 is 0 Å². The van der Waals surface area contributed by atoms with Crippen molar-refractivity contribution in [3.63, 3.8) is 0 Å². The summed E-state index contributed by atoms with van der Waals surface area (Å²) in [4.78, 5) is 36.7. The summed E-state index contributed by atoms with van der Waals surface area (Å²) in [7, 11) is 3.38. The van der Waals surface area contributed by atoms with Gasteiger partial charge in [-0.3, -0.25) is 14.9 Å². The van der Waals surface area contributed by atoms with Crippen LogP contribution in [-0.2, 0) is 0 Å². The molecule has 0 unspecified atom stereocenters. The molecule has 2 aromatic heterocycles. The van der Waals surface area contributed by atoms with Crippen LogP contribution in [-0.4, -0.2) is 40.8 Å². The lowest BCUT2D eigenvalue weighted by Gasteiger charge is -2.10. The lowest BCUT2D eigenvalue weighted by molar-refractivity contribution is 0.0831. The monoisotopic (exact) mass is 430 g/mol. The molecule has 0 saturated carbocycles. The highest BCUT2D eigenvalue weighted by atomic mass is 32.1. The molecule has 6 nitrogen and oxygen atoms in total. The first-order valence-corrected chi connectivity index (χ1v) is 10.6. The van der Waals surface area contributed by atoms with Crippen LogP contribution in [0.4, 0.5) is 5.13 Å². The van der Waals surface area contributed by atoms with Gasteiger partial charge in [0.25, 0.3) is 11.8 Å². The van der Waals surface area contributed by atoms with E-state index in [1.54, 1.807) is 27.1 Å². The van der Waals surface area contributed by atoms with Crippen molar-refractivity contribution in [2.24, 2.45) is 0 Å². The van der Waals surface area contributed by atoms with Crippen molar-refractivity contribution in [3.05, 3.63) is 76.3 Å². The Morgan fingerprint density at radius 3 is 2.48 bits per heavy atom. The van der Waals surface area contributed by atoms with Crippen molar-refractivity contribution >= 4 is 39.2 Å². The van der Waals surface area contributed by atoms with Gasteiger partial charge < -0.3 is 4.90 Å². The van der Waals surface area contributed by atoms with Crippen LogP contribution >= 0.6 is 11.3 Å². The fourth-order valence-electron chi connectivity index (χ4n) is 3.33. The van der Waals surface area contributed by atoms with Crippen molar-refractivity contribution in [1.82, 2.24) is 14.9 Å². The second-order valence-corrected chi connectivity index (χ2v) is 8.53. The van der Waals surface area contributed by atoms with E-state index in [1.165, 1.54) is 16.2 Å². The molecule has 0 saturated heterocycles. The van der Waals surface area contributed by atoms with Crippen LogP contribution in [0.1, 0.15) is 31.3 Å². The zero-order valence-electron chi connectivity index (χ0n) is 17.8. The second kappa shape index (κ2) is 8.28. The van der Waals surface area contributed by atoms with Crippen LogP contribution in [0.2, 0.25) is 0 Å². The number of nitrogens with zero attached hydrogens (tertiary/aromatic N) is 3. The minimum atomic E-state index is -0.287. The summed E-state index contributed by atoms with van der Waals surface area (Å²) in [5.41, 5.74) is 4.64. The molecule has 4 rings (SSSR count). The van der Waals surface area contributed by atoms with Crippen molar-refractivity contribution in [2.75, 3.05) is 19.4 Å². The first kappa shape index (κ1) is 20.7. The van der Waals surface area contributed by atoms with E-state index in [-0.39, 0.29) is 11.8 Å². The van der Waals surface area contributed by atoms with Gasteiger partial charge in [-0.2, -0.15) is 0 Å². The molecule has 0 atom stereocenters. The molecule has 0 aliphatic rings. The second-order valence-electron chi connectivity index (χ2n) is 7.53. The number of hydrogen-bond acceptors (Lipinski definition) is 5. The summed E-state index contributed by atoms with van der Waals surface area (Å²) in [6, 6.07) is 17.4. The molecule has 0 aliphatic carbocycles. The molecule has 156 valence electrons. The van der Waals surface area contributed by atoms with E-state index >= 15 is 0 Å². The number of benzene rings is 2. The van der Waals surface area contributed by atoms with Gasteiger partial charge in [-0.15, -0.1) is 0 Å². The van der Waals surface area contributed by atoms with E-state index in [9.17, 15) is 9.59 Å². The Bertz CT molecular complexity index is 1310. The average Bonchev–Trinajstić information content (AvgIpc) is 3.11. The van der Waals surface area contributed by atoms with E-state index in [0.717, 1.165) is 27.7 Å². The molecular weight excluding hydrogens is 408 g/mol. The average molecular weight is 431 g/mol. The van der Waals surface area contributed by atoms with Crippen LogP contribution < -0.4 is 5.32 Å². The molecule has 7 heteroatoms. The number of carbonyl (C=O) groups is 2. The van der Waals surface area contributed by atoms with Gasteiger partial charge in [-0.1, -0.05) is 53.3 Å². The Labute approximate surface area is 184 Å². The van der Waals surface area contributed by atoms with Gasteiger partial charge in [0.15, 0.2) is 5.13 Å². The number of amides is 2. The Kier molecular flexibility index (Phi) is 5.52. The molecular formula is C24H22N4O2S. The highest BCUT2D eigenvalue weighted by molar-refractivity contribution is 7.17. The molecule has 0 fully saturated rings. The number of hydrogen-bond donors (Lipinski definition) is 1. The first-order chi connectivity index (χ1) is 14.8. The lowest BCUT2D eigenvalue weighted by Crippen LogP contribution is -2.21. The van der Waals surface area contributed by atoms with E-state index in [2.05, 4.69) is 10.3 Å². The molecule has 0 aliphatic heterocycles. The summed E-state index contributed by atoms with van der Waals surface area (Å²) in [6.45, 7) is 3.79. The van der Waals surface area contributed by atoms with E-state index < -0.39 is 0 Å². The Balaban J connectivity index is 1.74. The number of fused-ring (bicyclic) bond motifs is 1. The third kappa shape index (κ3) is 4.18. The predicted octanol–water partition coefficient (Wildman–Crippen LogP) is 4.93. The number of thiazole rings is 1. The van der Waals surface area contributed by atoms with Gasteiger partial charge in [-0.25, -0.2) is 9.97 Å². The predicted molar refractivity (Wildman–Crippen MR) is 125 cm³/mol. The normalized spacial score (nSPS) is 10.8. The molecule has 0 bridgehead atoms. The minimum absolute atomic E-state index is 0.133. The maximum atomic E-state index is 13.2. The molecule has 4 aromatic rings. The smallest absolute Gasteiger partial charge is 0.265 e. The fraction of sp³-hybridized carbons (Fsp3) is 0.167. The van der Waals surface area contributed by atoms with E-state index in [4.69, 9.17) is 4.98 Å². The van der Waals surface area contributed by atoms with Crippen molar-refractivity contribution < 1.29 is 9.59 Å². The molecule has 2 heterocycles. The van der Waals surface area contributed by atoms with Crippen LogP contribution in [0.25, 0.3) is 22.2 Å². The fourth-order valence-corrected chi connectivity index (χ4v) is 4.31. The standard InChI is InChI=1S/C24H22N4O2S/c1-14-8-7-9-16(12-14)20-13-18(17-10-5-6-11-19(17)26-20)22(29)27-24-25-15(2)21(31-24)23(30)28(3)4/h5-13H,1-4H3,(H,25,27,29). The van der Waals surface area contributed by atoms with Gasteiger partial charge in [0.1, 0.15) is 4.88 Å². The Morgan fingerprint density at radius 2 is 1.74 bits per heavy atom. The maximum Gasteiger partial charge on any atom is 0.265 e. The quantitative estimate of drug-likeness (QED) is 0.498. The van der Waals surface area contributed by atoms with Crippen molar-refractivity contribution in [2.45, 2.75) is 13.8 Å². The molecule has 31 heavy (non-hydrogen) atoms. The number of nitrogens with one attached hydrogen (secondary N) is 1. The number of pyridine rings is 1. The van der Waals surface area contributed by atoms with E-state index in [1.807, 2.05) is 55.5 Å². The summed E-state index contributed by atoms with van der Waals surface area (Å²) in [5, 5.41) is 4.02. The Hall–Kier alpha value is -3.58. The molecule has 1 N–H and O–H groups in total. The first-order valence-electron chi connectivity index (χ1n) is 9.81. The van der Waals surface area contributed by atoms with Crippen LogP contribution in [0.15, 0.2) is 54.6 Å². The van der Waals surface area contributed by atoms with Crippen LogP contribution in [0, 0.1) is 13.8 Å². The number of aryl methyl sites for hydroxylation is 2. The summed E-state index contributed by atoms with van der Waals surface area (Å²) >= 11 is 1.18. The summed E-state index contributed by atoms with van der Waals surface area (Å²) in [5.74, 6) is -0.420. The third-order valence-electron chi connectivity index (χ3n) is 4.89. The largest absolute Gasteiger partial charge is 0.344 e. The number of para-hydroxylation sites is 1. The highest BCUT2D eigenvalue weighted by Crippen LogP contribution is 2.28. The van der Waals surface area contributed by atoms with E-state index in [0.29, 0.717) is 21.3 Å². The van der Waals surface area contributed by atoms with Crippen molar-refractivity contribution in [3.8, 4) is 11.3 Å². The minimum Gasteiger partial charge on any atom is -0.344 e. The lowest BCUT2D eigenvalue weighted by atomic mass is 10.0. The zero-order chi connectivity index (χ0) is 22.1. The highest BCUT2D eigenvalue weighted by Gasteiger charge is 2.20. The summed E-state index contributed by atoms with van der Waals surface area (Å²) in [6.07, 6.45) is 0. The molecule has 0 radical (unpaired) electrons. The Morgan fingerprint density at radius 1 is 0.968 bits per heavy atom. The van der Waals surface area contributed by atoms with Gasteiger partial charge in [-0.05, 0) is 32.0 Å². The van der Waals surface area contributed by atoms with Crippen LogP contribution in [0.3, 0.4) is 0 Å². The zero-order valence-corrected chi connectivity index (χ0v) is 18.6. The number of rotatable bonds is 4. The topological polar surface area (TPSA) is 75.2 Å². The van der Waals surface area contributed by atoms with Crippen molar-refractivity contribution in [1.29, 1.82) is 0 Å². The summed E-state index contributed by atoms with van der Waals surface area (Å²) < 4.78 is 0. The van der Waals surface area contributed by atoms with Crippen LogP contribution in [0.5, 0.6) is 0 Å². The molecule has 2 aromatic carbocycles. The number of anilines is 1. The molecule has 2 amide bonds. The van der Waals surface area contributed by atoms with Gasteiger partial charge in [0, 0.05) is 25.0 Å². The van der Waals surface area contributed by atoms with Gasteiger partial charge in [0.05, 0.1) is 22.5 Å². The van der Waals surface area contributed by atoms with Gasteiger partial charge in [0.2, 0.25) is 0 Å². The number of carbonyl (C=O) groups excluding carboxylic acids is 2. The molecule has 0 spiro atoms. The number of aromatic nitrogens is 2.